The van der Waals surface area contributed by atoms with Crippen molar-refractivity contribution >= 4 is 23.0 Å². The molecule has 0 unspecified atom stereocenters. The van der Waals surface area contributed by atoms with Crippen molar-refractivity contribution in [3.63, 3.8) is 0 Å². The zero-order valence-electron chi connectivity index (χ0n) is 16.3. The van der Waals surface area contributed by atoms with Gasteiger partial charge in [-0.2, -0.15) is 9.97 Å². The van der Waals surface area contributed by atoms with E-state index in [0.29, 0.717) is 5.56 Å². The zero-order chi connectivity index (χ0) is 22.5. The van der Waals surface area contributed by atoms with Gasteiger partial charge in [-0.3, -0.25) is 25.0 Å². The first-order valence-corrected chi connectivity index (χ1v) is 8.64. The average molecular weight is 425 g/mol. The number of nitrogens with one attached hydrogen (secondary N) is 1. The van der Waals surface area contributed by atoms with Crippen molar-refractivity contribution in [1.29, 1.82) is 0 Å². The smallest absolute Gasteiger partial charge is 0.277 e. The number of carbonyl (C=O) groups excluding carboxylic acids is 1. The Bertz CT molecular complexity index is 1110. The Labute approximate surface area is 174 Å². The lowest BCUT2D eigenvalue weighted by molar-refractivity contribution is -0.394. The second-order valence-electron chi connectivity index (χ2n) is 6.01. The molecule has 1 amide bonds. The quantitative estimate of drug-likeness (QED) is 0.443. The van der Waals surface area contributed by atoms with Crippen LogP contribution in [0, 0.1) is 20.2 Å². The van der Waals surface area contributed by atoms with Gasteiger partial charge in [-0.05, 0) is 0 Å². The van der Waals surface area contributed by atoms with Crippen LogP contribution in [0.2, 0.25) is 0 Å². The first-order chi connectivity index (χ1) is 14.8. The van der Waals surface area contributed by atoms with E-state index in [1.54, 1.807) is 24.3 Å². The Kier molecular flexibility index (Phi) is 6.00. The van der Waals surface area contributed by atoms with Gasteiger partial charge in [-0.25, -0.2) is 0 Å². The molecule has 12 heteroatoms. The predicted octanol–water partition coefficient (Wildman–Crippen LogP) is 3.23. The molecule has 31 heavy (non-hydrogen) atoms. The zero-order valence-corrected chi connectivity index (χ0v) is 16.3. The van der Waals surface area contributed by atoms with E-state index in [1.165, 1.54) is 14.2 Å². The van der Waals surface area contributed by atoms with Crippen molar-refractivity contribution in [3.8, 4) is 23.1 Å². The van der Waals surface area contributed by atoms with E-state index < -0.39 is 27.1 Å². The second kappa shape index (κ2) is 8.82. The number of nitrogens with zero attached hydrogens (tertiary/aromatic N) is 4. The third-order valence-electron chi connectivity index (χ3n) is 4.09. The predicted molar refractivity (Wildman–Crippen MR) is 108 cm³/mol. The highest BCUT2D eigenvalue weighted by atomic mass is 16.6. The molecular weight excluding hydrogens is 410 g/mol. The van der Waals surface area contributed by atoms with E-state index in [2.05, 4.69) is 15.3 Å². The number of nitro groups is 2. The lowest BCUT2D eigenvalue weighted by atomic mass is 10.1. The number of carbonyl (C=O) groups is 1. The number of nitro benzene ring substituents is 2. The Hall–Kier alpha value is -4.61. The molecule has 1 N–H and O–H groups in total. The van der Waals surface area contributed by atoms with E-state index >= 15 is 0 Å². The van der Waals surface area contributed by atoms with Crippen molar-refractivity contribution in [3.05, 3.63) is 74.3 Å². The van der Waals surface area contributed by atoms with Crippen LogP contribution in [0.4, 0.5) is 17.1 Å². The maximum atomic E-state index is 12.7. The number of hydrogen-bond donors (Lipinski definition) is 1. The minimum atomic E-state index is -0.875. The molecule has 0 aliphatic carbocycles. The van der Waals surface area contributed by atoms with E-state index in [-0.39, 0.29) is 28.8 Å². The van der Waals surface area contributed by atoms with E-state index in [4.69, 9.17) is 9.47 Å². The van der Waals surface area contributed by atoms with Gasteiger partial charge in [0.1, 0.15) is 0 Å². The van der Waals surface area contributed by atoms with Gasteiger partial charge in [0, 0.05) is 17.7 Å². The molecule has 2 aromatic carbocycles. The van der Waals surface area contributed by atoms with Crippen molar-refractivity contribution in [1.82, 2.24) is 9.97 Å². The van der Waals surface area contributed by atoms with E-state index in [1.807, 2.05) is 6.07 Å². The van der Waals surface area contributed by atoms with Gasteiger partial charge in [-0.15, -0.1) is 0 Å². The number of amides is 1. The summed E-state index contributed by atoms with van der Waals surface area (Å²) in [7, 11) is 2.65. The van der Waals surface area contributed by atoms with Crippen LogP contribution in [0.1, 0.15) is 10.4 Å². The summed E-state index contributed by atoms with van der Waals surface area (Å²) in [6, 6.07) is 11.6. The number of hydrogen-bond acceptors (Lipinski definition) is 9. The van der Waals surface area contributed by atoms with Gasteiger partial charge in [0.25, 0.3) is 17.3 Å². The molecule has 0 fully saturated rings. The van der Waals surface area contributed by atoms with Gasteiger partial charge >= 0.3 is 0 Å². The molecule has 0 aliphatic rings. The Morgan fingerprint density at radius 1 is 0.903 bits per heavy atom. The molecule has 0 saturated carbocycles. The highest BCUT2D eigenvalue weighted by Crippen LogP contribution is 2.34. The molecule has 158 valence electrons. The minimum absolute atomic E-state index is 0.0287. The Morgan fingerprint density at radius 2 is 1.42 bits per heavy atom. The molecule has 0 aliphatic heterocycles. The normalized spacial score (nSPS) is 10.3. The largest absolute Gasteiger partial charge is 0.479 e. The number of ether oxygens (including phenoxy) is 2. The molecule has 0 bridgehead atoms. The summed E-state index contributed by atoms with van der Waals surface area (Å²) in [6.45, 7) is 0. The molecule has 12 nitrogen and oxygen atoms in total. The molecule has 3 aromatic rings. The SMILES string of the molecule is COc1nc(-c2ccccc2)nc(OC)c1NC(=O)c1cc([N+](=O)[O-])cc([N+](=O)[O-])c1. The second-order valence-corrected chi connectivity index (χ2v) is 6.01. The summed E-state index contributed by atoms with van der Waals surface area (Å²) in [4.78, 5) is 41.7. The van der Waals surface area contributed by atoms with Crippen LogP contribution < -0.4 is 14.8 Å². The van der Waals surface area contributed by atoms with Crippen LogP contribution in [0.25, 0.3) is 11.4 Å². The number of non-ortho nitro benzene ring substituents is 2. The van der Waals surface area contributed by atoms with E-state index in [0.717, 1.165) is 18.2 Å². The van der Waals surface area contributed by atoms with Crippen molar-refractivity contribution < 1.29 is 24.1 Å². The average Bonchev–Trinajstić information content (AvgIpc) is 2.79. The first-order valence-electron chi connectivity index (χ1n) is 8.64. The topological polar surface area (TPSA) is 160 Å². The molecule has 1 heterocycles. The summed E-state index contributed by atoms with van der Waals surface area (Å²) < 4.78 is 10.5. The van der Waals surface area contributed by atoms with Crippen molar-refractivity contribution in [2.75, 3.05) is 19.5 Å². The fourth-order valence-corrected chi connectivity index (χ4v) is 2.66. The van der Waals surface area contributed by atoms with Crippen LogP contribution in [0.15, 0.2) is 48.5 Å². The monoisotopic (exact) mass is 425 g/mol. The number of benzene rings is 2. The standard InChI is InChI=1S/C19H15N5O7/c1-30-18-15(19(31-2)22-16(21-18)11-6-4-3-5-7-11)20-17(25)12-8-13(23(26)27)10-14(9-12)24(28)29/h3-10H,1-2H3,(H,20,25). The van der Waals surface area contributed by atoms with Gasteiger partial charge in [0.05, 0.1) is 35.7 Å². The highest BCUT2D eigenvalue weighted by molar-refractivity contribution is 6.06. The third kappa shape index (κ3) is 4.53. The summed E-state index contributed by atoms with van der Waals surface area (Å²) >= 11 is 0. The molecule has 3 rings (SSSR count). The molecule has 0 atom stereocenters. The number of rotatable bonds is 7. The van der Waals surface area contributed by atoms with Crippen LogP contribution in [0.3, 0.4) is 0 Å². The Balaban J connectivity index is 2.03. The Morgan fingerprint density at radius 3 is 1.87 bits per heavy atom. The number of aromatic nitrogens is 2. The summed E-state index contributed by atoms with van der Waals surface area (Å²) in [5.41, 5.74) is -0.879. The van der Waals surface area contributed by atoms with Crippen molar-refractivity contribution in [2.24, 2.45) is 0 Å². The molecule has 0 spiro atoms. The fraction of sp³-hybridized carbons (Fsp3) is 0.105. The lowest BCUT2D eigenvalue weighted by Gasteiger charge is -2.14. The lowest BCUT2D eigenvalue weighted by Crippen LogP contribution is -2.15. The van der Waals surface area contributed by atoms with Crippen LogP contribution in [-0.4, -0.2) is 39.9 Å². The van der Waals surface area contributed by atoms with Gasteiger partial charge in [0.2, 0.25) is 11.8 Å². The molecule has 0 saturated heterocycles. The summed E-state index contributed by atoms with van der Waals surface area (Å²) in [5.74, 6) is -0.657. The maximum Gasteiger partial charge on any atom is 0.277 e. The number of anilines is 1. The van der Waals surface area contributed by atoms with Crippen LogP contribution in [0.5, 0.6) is 11.8 Å². The highest BCUT2D eigenvalue weighted by Gasteiger charge is 2.23. The number of methoxy groups -OCH3 is 2. The molecule has 0 radical (unpaired) electrons. The van der Waals surface area contributed by atoms with Crippen LogP contribution >= 0.6 is 0 Å². The summed E-state index contributed by atoms with van der Waals surface area (Å²) in [6.07, 6.45) is 0. The molecule has 1 aromatic heterocycles. The van der Waals surface area contributed by atoms with Crippen LogP contribution in [-0.2, 0) is 0 Å². The van der Waals surface area contributed by atoms with Gasteiger partial charge < -0.3 is 14.8 Å². The van der Waals surface area contributed by atoms with Crippen molar-refractivity contribution in [2.45, 2.75) is 0 Å². The van der Waals surface area contributed by atoms with Gasteiger partial charge in [0.15, 0.2) is 11.5 Å². The fourth-order valence-electron chi connectivity index (χ4n) is 2.66. The van der Waals surface area contributed by atoms with E-state index in [9.17, 15) is 25.0 Å². The maximum absolute atomic E-state index is 12.7. The summed E-state index contributed by atoms with van der Waals surface area (Å²) in [5, 5.41) is 24.6. The minimum Gasteiger partial charge on any atom is -0.479 e. The third-order valence-corrected chi connectivity index (χ3v) is 4.09. The first kappa shape index (κ1) is 21.1. The van der Waals surface area contributed by atoms with Gasteiger partial charge in [-0.1, -0.05) is 30.3 Å². The molecular formula is C19H15N5O7.